The molecule has 0 spiro atoms. The van der Waals surface area contributed by atoms with Crippen molar-refractivity contribution in [3.63, 3.8) is 0 Å². The van der Waals surface area contributed by atoms with Gasteiger partial charge in [-0.25, -0.2) is 0 Å². The summed E-state index contributed by atoms with van der Waals surface area (Å²) < 4.78 is 5.56. The number of rotatable bonds is 7. The molecule has 2 aromatic carbocycles. The lowest BCUT2D eigenvalue weighted by atomic mass is 9.74. The van der Waals surface area contributed by atoms with Gasteiger partial charge in [0.15, 0.2) is 0 Å². The first-order valence-electron chi connectivity index (χ1n) is 10.9. The summed E-state index contributed by atoms with van der Waals surface area (Å²) in [5, 5.41) is 8.20. The zero-order valence-corrected chi connectivity index (χ0v) is 18.7. The van der Waals surface area contributed by atoms with Gasteiger partial charge in [-0.2, -0.15) is 0 Å². The first kappa shape index (κ1) is 21.8. The molecule has 0 aliphatic carbocycles. The highest BCUT2D eigenvalue weighted by Gasteiger charge is 2.43. The molecule has 2 aromatic rings. The fraction of sp³-hybridized carbons (Fsp3) is 0.440. The maximum atomic E-state index is 13.3. The van der Waals surface area contributed by atoms with E-state index in [1.54, 1.807) is 0 Å². The number of nitrogens with one attached hydrogen (secondary N) is 1. The molecule has 4 rings (SSSR count). The molecule has 5 nitrogen and oxygen atoms in total. The van der Waals surface area contributed by atoms with Gasteiger partial charge in [-0.3, -0.25) is 4.79 Å². The molecule has 2 aliphatic rings. The molecule has 164 valence electrons. The first-order valence-corrected chi connectivity index (χ1v) is 11.3. The van der Waals surface area contributed by atoms with Crippen LogP contribution in [0.3, 0.4) is 0 Å². The molecule has 0 saturated carbocycles. The van der Waals surface area contributed by atoms with Gasteiger partial charge in [-0.05, 0) is 49.4 Å². The highest BCUT2D eigenvalue weighted by molar-refractivity contribution is 6.30. The lowest BCUT2D eigenvalue weighted by molar-refractivity contribution is -0.140. The minimum absolute atomic E-state index is 0.0866. The van der Waals surface area contributed by atoms with E-state index >= 15 is 0 Å². The van der Waals surface area contributed by atoms with Gasteiger partial charge in [0, 0.05) is 37.6 Å². The summed E-state index contributed by atoms with van der Waals surface area (Å²) in [7, 11) is 0. The van der Waals surface area contributed by atoms with Gasteiger partial charge in [0.2, 0.25) is 5.91 Å². The third kappa shape index (κ3) is 5.46. The zero-order valence-electron chi connectivity index (χ0n) is 17.9. The molecule has 1 fully saturated rings. The maximum absolute atomic E-state index is 13.3. The highest BCUT2D eigenvalue weighted by Crippen LogP contribution is 2.38. The van der Waals surface area contributed by atoms with Gasteiger partial charge in [-0.15, -0.1) is 0 Å². The maximum Gasteiger partial charge on any atom is 0.226 e. The normalized spacial score (nSPS) is 20.1. The number of nitrogens with zero attached hydrogens (tertiary/aromatic N) is 1. The molecule has 6 heteroatoms. The highest BCUT2D eigenvalue weighted by atomic mass is 35.5. The Balaban J connectivity index is 1.35. The number of benzene rings is 2. The SMILES string of the molecule is Cc1ccc(C2=NOC(CC3(C(=O)NCCc4ccc(Cl)cc4)CCOCC3)C2)cc1. The van der Waals surface area contributed by atoms with Gasteiger partial charge < -0.3 is 14.9 Å². The van der Waals surface area contributed by atoms with Crippen LogP contribution < -0.4 is 5.32 Å². The molecule has 0 bridgehead atoms. The first-order chi connectivity index (χ1) is 15.0. The zero-order chi connectivity index (χ0) is 21.7. The summed E-state index contributed by atoms with van der Waals surface area (Å²) >= 11 is 5.95. The van der Waals surface area contributed by atoms with E-state index in [0.29, 0.717) is 39.0 Å². The van der Waals surface area contributed by atoms with Crippen molar-refractivity contribution in [1.82, 2.24) is 5.32 Å². The molecular formula is C25H29ClN2O3. The van der Waals surface area contributed by atoms with E-state index in [-0.39, 0.29) is 12.0 Å². The number of ether oxygens (including phenoxy) is 1. The Morgan fingerprint density at radius 2 is 1.84 bits per heavy atom. The number of halogens is 1. The van der Waals surface area contributed by atoms with Crippen molar-refractivity contribution in [2.24, 2.45) is 10.6 Å². The minimum atomic E-state index is -0.471. The third-order valence-electron chi connectivity index (χ3n) is 6.28. The number of carbonyl (C=O) groups excluding carboxylic acids is 1. The molecule has 1 N–H and O–H groups in total. The van der Waals surface area contributed by atoms with E-state index in [9.17, 15) is 4.79 Å². The molecule has 1 unspecified atom stereocenters. The van der Waals surface area contributed by atoms with Gasteiger partial charge in [0.1, 0.15) is 6.10 Å². The summed E-state index contributed by atoms with van der Waals surface area (Å²) in [5.41, 5.74) is 3.94. The molecule has 1 amide bonds. The lowest BCUT2D eigenvalue weighted by Gasteiger charge is -2.37. The van der Waals surface area contributed by atoms with E-state index < -0.39 is 5.41 Å². The van der Waals surface area contributed by atoms with E-state index in [4.69, 9.17) is 21.2 Å². The van der Waals surface area contributed by atoms with Crippen molar-refractivity contribution in [2.75, 3.05) is 19.8 Å². The van der Waals surface area contributed by atoms with Crippen LogP contribution in [0.25, 0.3) is 0 Å². The fourth-order valence-electron chi connectivity index (χ4n) is 4.34. The van der Waals surface area contributed by atoms with Crippen LogP contribution in [-0.2, 0) is 20.8 Å². The number of hydrogen-bond acceptors (Lipinski definition) is 4. The molecule has 0 radical (unpaired) electrons. The van der Waals surface area contributed by atoms with Crippen molar-refractivity contribution in [2.45, 2.75) is 45.1 Å². The Morgan fingerprint density at radius 3 is 2.55 bits per heavy atom. The molecule has 2 aliphatic heterocycles. The minimum Gasteiger partial charge on any atom is -0.392 e. The van der Waals surface area contributed by atoms with E-state index in [1.807, 2.05) is 24.3 Å². The van der Waals surface area contributed by atoms with Crippen LogP contribution in [0.5, 0.6) is 0 Å². The molecule has 2 heterocycles. The quantitative estimate of drug-likeness (QED) is 0.679. The second-order valence-corrected chi connectivity index (χ2v) is 9.00. The summed E-state index contributed by atoms with van der Waals surface area (Å²) in [5.74, 6) is 0.0946. The molecule has 1 atom stereocenters. The van der Waals surface area contributed by atoms with Crippen molar-refractivity contribution in [1.29, 1.82) is 0 Å². The third-order valence-corrected chi connectivity index (χ3v) is 6.53. The van der Waals surface area contributed by atoms with E-state index in [1.165, 1.54) is 5.56 Å². The smallest absolute Gasteiger partial charge is 0.226 e. The van der Waals surface area contributed by atoms with Crippen molar-refractivity contribution < 1.29 is 14.4 Å². The Bertz CT molecular complexity index is 919. The Kier molecular flexibility index (Phi) is 6.93. The fourth-order valence-corrected chi connectivity index (χ4v) is 4.46. The van der Waals surface area contributed by atoms with Crippen LogP contribution in [0.4, 0.5) is 0 Å². The number of aryl methyl sites for hydroxylation is 1. The standard InChI is InChI=1S/C25H29ClN2O3/c1-18-2-6-20(7-3-18)23-16-22(31-28-23)17-25(11-14-30-15-12-25)24(29)27-13-10-19-4-8-21(26)9-5-19/h2-9,22H,10-17H2,1H3,(H,27,29). The molecular weight excluding hydrogens is 412 g/mol. The average Bonchev–Trinajstić information content (AvgIpc) is 3.24. The van der Waals surface area contributed by atoms with Crippen LogP contribution in [0.1, 0.15) is 42.4 Å². The van der Waals surface area contributed by atoms with E-state index in [2.05, 4.69) is 41.7 Å². The second-order valence-electron chi connectivity index (χ2n) is 8.56. The number of hydrogen-bond donors (Lipinski definition) is 1. The number of carbonyl (C=O) groups is 1. The Hall–Kier alpha value is -2.37. The molecule has 31 heavy (non-hydrogen) atoms. The van der Waals surface area contributed by atoms with Gasteiger partial charge >= 0.3 is 0 Å². The van der Waals surface area contributed by atoms with E-state index in [0.717, 1.165) is 34.7 Å². The van der Waals surface area contributed by atoms with Crippen molar-refractivity contribution in [3.05, 3.63) is 70.2 Å². The van der Waals surface area contributed by atoms with Gasteiger partial charge in [0.25, 0.3) is 0 Å². The summed E-state index contributed by atoms with van der Waals surface area (Å²) in [4.78, 5) is 19.0. The van der Waals surface area contributed by atoms with Crippen molar-refractivity contribution in [3.8, 4) is 0 Å². The van der Waals surface area contributed by atoms with Crippen LogP contribution in [0, 0.1) is 12.3 Å². The summed E-state index contributed by atoms with van der Waals surface area (Å²) in [6.07, 6.45) is 3.48. The van der Waals surface area contributed by atoms with Gasteiger partial charge in [-0.1, -0.05) is 58.7 Å². The molecule has 1 saturated heterocycles. The monoisotopic (exact) mass is 440 g/mol. The van der Waals surface area contributed by atoms with Crippen LogP contribution >= 0.6 is 11.6 Å². The topological polar surface area (TPSA) is 59.9 Å². The summed E-state index contributed by atoms with van der Waals surface area (Å²) in [6, 6.07) is 16.1. The van der Waals surface area contributed by atoms with Crippen LogP contribution in [0.2, 0.25) is 5.02 Å². The number of amides is 1. The van der Waals surface area contributed by atoms with Crippen LogP contribution in [-0.4, -0.2) is 37.5 Å². The predicted octanol–water partition coefficient (Wildman–Crippen LogP) is 4.69. The Labute approximate surface area is 188 Å². The Morgan fingerprint density at radius 1 is 1.13 bits per heavy atom. The van der Waals surface area contributed by atoms with Gasteiger partial charge in [0.05, 0.1) is 11.1 Å². The predicted molar refractivity (Wildman–Crippen MR) is 122 cm³/mol. The summed E-state index contributed by atoms with van der Waals surface area (Å²) in [6.45, 7) is 3.87. The lowest BCUT2D eigenvalue weighted by Crippen LogP contribution is -2.47. The van der Waals surface area contributed by atoms with Crippen molar-refractivity contribution >= 4 is 23.2 Å². The van der Waals surface area contributed by atoms with Crippen LogP contribution in [0.15, 0.2) is 53.7 Å². The second kappa shape index (κ2) is 9.84. The molecule has 0 aromatic heterocycles. The largest absolute Gasteiger partial charge is 0.392 e. The number of oxime groups is 1. The average molecular weight is 441 g/mol.